The molecule has 130 valence electrons. The summed E-state index contributed by atoms with van der Waals surface area (Å²) in [5.74, 6) is 3.03. The molecule has 0 bridgehead atoms. The lowest BCUT2D eigenvalue weighted by Gasteiger charge is -2.19. The molecule has 0 aliphatic heterocycles. The fourth-order valence-electron chi connectivity index (χ4n) is 2.50. The van der Waals surface area contributed by atoms with E-state index in [4.69, 9.17) is 11.3 Å². The van der Waals surface area contributed by atoms with Gasteiger partial charge in [-0.25, -0.2) is 9.97 Å². The molecule has 3 aromatic rings. The Balaban J connectivity index is 1.98. The standard InChI is InChI=1S/C19H15BrN4O2/c1-3-13-5-4-6-14(9-13)23-19-16-8-7-15(10-17(16)21-12-22-19)24(26-2)18(25)11-20/h1,4-10,12H,11H2,2H3,(H,21,22,23). The molecule has 1 heterocycles. The number of carbonyl (C=O) groups excluding carboxylic acids is 1. The summed E-state index contributed by atoms with van der Waals surface area (Å²) >= 11 is 3.14. The number of terminal acetylenes is 1. The van der Waals surface area contributed by atoms with Crippen molar-refractivity contribution in [2.75, 3.05) is 22.8 Å². The molecule has 0 aliphatic rings. The highest BCUT2D eigenvalue weighted by atomic mass is 79.9. The second kappa shape index (κ2) is 7.95. The maximum Gasteiger partial charge on any atom is 0.261 e. The number of nitrogens with zero attached hydrogens (tertiary/aromatic N) is 3. The lowest BCUT2D eigenvalue weighted by Crippen LogP contribution is -2.30. The largest absolute Gasteiger partial charge is 0.340 e. The molecule has 6 nitrogen and oxygen atoms in total. The lowest BCUT2D eigenvalue weighted by molar-refractivity contribution is -0.122. The van der Waals surface area contributed by atoms with Crippen molar-refractivity contribution in [2.24, 2.45) is 0 Å². The van der Waals surface area contributed by atoms with Gasteiger partial charge in [0.25, 0.3) is 5.91 Å². The zero-order chi connectivity index (χ0) is 18.5. The summed E-state index contributed by atoms with van der Waals surface area (Å²) in [5, 5.41) is 5.42. The number of hydroxylamine groups is 1. The van der Waals surface area contributed by atoms with Crippen LogP contribution in [0.4, 0.5) is 17.2 Å². The van der Waals surface area contributed by atoms with Crippen LogP contribution in [-0.2, 0) is 9.63 Å². The second-order valence-corrected chi connectivity index (χ2v) is 5.84. The summed E-state index contributed by atoms with van der Waals surface area (Å²) in [4.78, 5) is 25.7. The van der Waals surface area contributed by atoms with Crippen LogP contribution < -0.4 is 10.4 Å². The number of nitrogens with one attached hydrogen (secondary N) is 1. The van der Waals surface area contributed by atoms with Crippen molar-refractivity contribution in [3.8, 4) is 12.3 Å². The molecule has 0 radical (unpaired) electrons. The minimum Gasteiger partial charge on any atom is -0.340 e. The van der Waals surface area contributed by atoms with E-state index in [1.165, 1.54) is 18.5 Å². The molecular formula is C19H15BrN4O2. The third-order valence-electron chi connectivity index (χ3n) is 3.67. The summed E-state index contributed by atoms with van der Waals surface area (Å²) in [7, 11) is 1.44. The number of anilines is 3. The number of halogens is 1. The van der Waals surface area contributed by atoms with Crippen molar-refractivity contribution < 1.29 is 9.63 Å². The fraction of sp³-hybridized carbons (Fsp3) is 0.105. The predicted molar refractivity (Wildman–Crippen MR) is 105 cm³/mol. The van der Waals surface area contributed by atoms with Crippen molar-refractivity contribution in [2.45, 2.75) is 0 Å². The highest BCUT2D eigenvalue weighted by Gasteiger charge is 2.15. The van der Waals surface area contributed by atoms with Gasteiger partial charge < -0.3 is 5.32 Å². The molecule has 0 atom stereocenters. The Hall–Kier alpha value is -2.95. The number of hydrogen-bond acceptors (Lipinski definition) is 5. The van der Waals surface area contributed by atoms with Gasteiger partial charge in [-0.2, -0.15) is 5.06 Å². The van der Waals surface area contributed by atoms with Crippen molar-refractivity contribution in [3.63, 3.8) is 0 Å². The van der Waals surface area contributed by atoms with E-state index in [0.29, 0.717) is 17.0 Å². The first-order chi connectivity index (χ1) is 12.7. The molecule has 26 heavy (non-hydrogen) atoms. The van der Waals surface area contributed by atoms with Crippen LogP contribution in [0.2, 0.25) is 0 Å². The minimum atomic E-state index is -0.217. The molecule has 2 aromatic carbocycles. The van der Waals surface area contributed by atoms with Crippen LogP contribution in [0.3, 0.4) is 0 Å². The molecule has 0 fully saturated rings. The number of benzene rings is 2. The first-order valence-electron chi connectivity index (χ1n) is 7.67. The summed E-state index contributed by atoms with van der Waals surface area (Å²) in [5.41, 5.74) is 2.87. The molecule has 1 aromatic heterocycles. The van der Waals surface area contributed by atoms with E-state index < -0.39 is 0 Å². The summed E-state index contributed by atoms with van der Waals surface area (Å²) in [6, 6.07) is 12.9. The van der Waals surface area contributed by atoms with Crippen LogP contribution in [-0.4, -0.2) is 28.3 Å². The van der Waals surface area contributed by atoms with Crippen LogP contribution in [0.25, 0.3) is 10.9 Å². The number of alkyl halides is 1. The van der Waals surface area contributed by atoms with E-state index in [1.54, 1.807) is 12.1 Å². The second-order valence-electron chi connectivity index (χ2n) is 5.28. The number of rotatable bonds is 5. The average molecular weight is 411 g/mol. The third kappa shape index (κ3) is 3.67. The van der Waals surface area contributed by atoms with Gasteiger partial charge in [0.05, 0.1) is 23.6 Å². The first kappa shape index (κ1) is 17.9. The van der Waals surface area contributed by atoms with E-state index >= 15 is 0 Å². The molecule has 0 spiro atoms. The number of aromatic nitrogens is 2. The normalized spacial score (nSPS) is 10.3. The Labute approximate surface area is 159 Å². The van der Waals surface area contributed by atoms with Gasteiger partial charge in [0.1, 0.15) is 12.1 Å². The van der Waals surface area contributed by atoms with Crippen molar-refractivity contribution >= 4 is 49.9 Å². The summed E-state index contributed by atoms with van der Waals surface area (Å²) < 4.78 is 0. The number of hydrogen-bond donors (Lipinski definition) is 1. The zero-order valence-corrected chi connectivity index (χ0v) is 15.5. The lowest BCUT2D eigenvalue weighted by atomic mass is 10.2. The van der Waals surface area contributed by atoms with E-state index in [0.717, 1.165) is 16.6 Å². The Kier molecular flexibility index (Phi) is 5.46. The Morgan fingerprint density at radius 1 is 1.31 bits per heavy atom. The predicted octanol–water partition coefficient (Wildman–Crippen LogP) is 3.64. The van der Waals surface area contributed by atoms with Gasteiger partial charge >= 0.3 is 0 Å². The highest BCUT2D eigenvalue weighted by molar-refractivity contribution is 9.09. The summed E-state index contributed by atoms with van der Waals surface area (Å²) in [6.07, 6.45) is 6.91. The van der Waals surface area contributed by atoms with Crippen molar-refractivity contribution in [1.29, 1.82) is 0 Å². The smallest absolute Gasteiger partial charge is 0.261 e. The van der Waals surface area contributed by atoms with Crippen LogP contribution in [0.15, 0.2) is 48.8 Å². The van der Waals surface area contributed by atoms with Crippen LogP contribution in [0.1, 0.15) is 5.56 Å². The van der Waals surface area contributed by atoms with E-state index in [-0.39, 0.29) is 11.2 Å². The topological polar surface area (TPSA) is 67.3 Å². The van der Waals surface area contributed by atoms with E-state index in [1.807, 2.05) is 30.3 Å². The molecule has 0 saturated heterocycles. The van der Waals surface area contributed by atoms with Crippen LogP contribution >= 0.6 is 15.9 Å². The Morgan fingerprint density at radius 3 is 2.88 bits per heavy atom. The summed E-state index contributed by atoms with van der Waals surface area (Å²) in [6.45, 7) is 0. The van der Waals surface area contributed by atoms with Gasteiger partial charge in [0.2, 0.25) is 0 Å². The molecular weight excluding hydrogens is 396 g/mol. The minimum absolute atomic E-state index is 0.154. The number of amides is 1. The van der Waals surface area contributed by atoms with Crippen LogP contribution in [0.5, 0.6) is 0 Å². The molecule has 0 saturated carbocycles. The third-order valence-corrected chi connectivity index (χ3v) is 4.15. The first-order valence-corrected chi connectivity index (χ1v) is 8.80. The Morgan fingerprint density at radius 2 is 2.15 bits per heavy atom. The monoisotopic (exact) mass is 410 g/mol. The quantitative estimate of drug-likeness (QED) is 0.395. The van der Waals surface area contributed by atoms with Gasteiger partial charge in [0, 0.05) is 16.6 Å². The molecule has 3 rings (SSSR count). The Bertz CT molecular complexity index is 1000. The average Bonchev–Trinajstić information content (AvgIpc) is 2.68. The fourth-order valence-corrected chi connectivity index (χ4v) is 2.73. The molecule has 7 heteroatoms. The maximum absolute atomic E-state index is 11.9. The van der Waals surface area contributed by atoms with Gasteiger partial charge in [-0.1, -0.05) is 27.9 Å². The van der Waals surface area contributed by atoms with Gasteiger partial charge in [-0.3, -0.25) is 9.63 Å². The number of fused-ring (bicyclic) bond motifs is 1. The number of carbonyl (C=O) groups is 1. The zero-order valence-electron chi connectivity index (χ0n) is 13.9. The maximum atomic E-state index is 11.9. The van der Waals surface area contributed by atoms with Gasteiger partial charge in [0.15, 0.2) is 0 Å². The molecule has 0 aliphatic carbocycles. The van der Waals surface area contributed by atoms with E-state index in [9.17, 15) is 4.79 Å². The molecule has 1 N–H and O–H groups in total. The van der Waals surface area contributed by atoms with Crippen LogP contribution in [0, 0.1) is 12.3 Å². The van der Waals surface area contributed by atoms with Gasteiger partial charge in [-0.15, -0.1) is 6.42 Å². The van der Waals surface area contributed by atoms with E-state index in [2.05, 4.69) is 37.1 Å². The molecule has 0 unspecified atom stereocenters. The van der Waals surface area contributed by atoms with Crippen molar-refractivity contribution in [3.05, 3.63) is 54.4 Å². The SMILES string of the molecule is C#Cc1cccc(Nc2ncnc3cc(N(OC)C(=O)CBr)ccc23)c1. The van der Waals surface area contributed by atoms with Crippen molar-refractivity contribution in [1.82, 2.24) is 9.97 Å². The highest BCUT2D eigenvalue weighted by Crippen LogP contribution is 2.27. The molecule has 1 amide bonds. The van der Waals surface area contributed by atoms with Gasteiger partial charge in [-0.05, 0) is 36.4 Å².